The molecule has 0 spiro atoms. The minimum absolute atomic E-state index is 0.389. The fourth-order valence-corrected chi connectivity index (χ4v) is 5.10. The number of halogens is 2. The highest BCUT2D eigenvalue weighted by molar-refractivity contribution is 6.36. The van der Waals surface area contributed by atoms with E-state index in [0.29, 0.717) is 51.1 Å². The lowest BCUT2D eigenvalue weighted by Crippen LogP contribution is -2.37. The Bertz CT molecular complexity index is 1530. The molecule has 1 aliphatic heterocycles. The van der Waals surface area contributed by atoms with Crippen LogP contribution in [0.5, 0.6) is 5.75 Å². The molecule has 1 aliphatic rings. The number of methoxy groups -OCH3 is 1. The van der Waals surface area contributed by atoms with Crippen molar-refractivity contribution in [1.29, 1.82) is 0 Å². The van der Waals surface area contributed by atoms with E-state index in [2.05, 4.69) is 0 Å². The first kappa shape index (κ1) is 21.8. The van der Waals surface area contributed by atoms with E-state index in [1.54, 1.807) is 32.4 Å². The molecule has 0 bridgehead atoms. The predicted octanol–water partition coefficient (Wildman–Crippen LogP) is 4.14. The van der Waals surface area contributed by atoms with Gasteiger partial charge in [0.25, 0.3) is 5.56 Å². The van der Waals surface area contributed by atoms with E-state index in [9.17, 15) is 9.59 Å². The minimum Gasteiger partial charge on any atom is -0.497 e. The molecule has 3 heterocycles. The molecule has 2 aromatic heterocycles. The molecule has 0 saturated heterocycles. The molecule has 1 atom stereocenters. The van der Waals surface area contributed by atoms with Gasteiger partial charge in [-0.05, 0) is 35.9 Å². The Morgan fingerprint density at radius 2 is 1.85 bits per heavy atom. The number of hydrogen-bond acceptors (Lipinski definition) is 4. The van der Waals surface area contributed by atoms with E-state index < -0.39 is 11.8 Å². The molecule has 0 saturated carbocycles. The van der Waals surface area contributed by atoms with Crippen LogP contribution in [0.2, 0.25) is 10.0 Å². The Morgan fingerprint density at radius 3 is 2.58 bits per heavy atom. The van der Waals surface area contributed by atoms with Crippen molar-refractivity contribution >= 4 is 34.1 Å². The van der Waals surface area contributed by atoms with Crippen LogP contribution >= 0.6 is 23.2 Å². The zero-order valence-corrected chi connectivity index (χ0v) is 19.8. The van der Waals surface area contributed by atoms with Crippen LogP contribution in [-0.2, 0) is 25.4 Å². The maximum Gasteiger partial charge on any atom is 0.331 e. The van der Waals surface area contributed by atoms with Crippen molar-refractivity contribution in [3.05, 3.63) is 84.6 Å². The maximum absolute atomic E-state index is 13.4. The van der Waals surface area contributed by atoms with Crippen molar-refractivity contribution in [2.45, 2.75) is 12.6 Å². The highest BCUT2D eigenvalue weighted by Gasteiger charge is 2.33. The van der Waals surface area contributed by atoms with Crippen molar-refractivity contribution < 1.29 is 9.47 Å². The van der Waals surface area contributed by atoms with Gasteiger partial charge in [0.15, 0.2) is 0 Å². The summed E-state index contributed by atoms with van der Waals surface area (Å²) in [5.74, 6) is 0.690. The van der Waals surface area contributed by atoms with Gasteiger partial charge >= 0.3 is 5.69 Å². The Morgan fingerprint density at radius 1 is 1.06 bits per heavy atom. The number of aryl methyl sites for hydroxylation is 1. The van der Waals surface area contributed by atoms with Gasteiger partial charge in [0, 0.05) is 31.2 Å². The highest BCUT2D eigenvalue weighted by Crippen LogP contribution is 2.43. The lowest BCUT2D eigenvalue weighted by atomic mass is 10.0. The number of aromatic nitrogens is 3. The van der Waals surface area contributed by atoms with E-state index in [0.717, 1.165) is 15.8 Å². The van der Waals surface area contributed by atoms with E-state index in [4.69, 9.17) is 32.7 Å². The molecule has 5 rings (SSSR count). The Labute approximate surface area is 199 Å². The molecule has 0 amide bonds. The summed E-state index contributed by atoms with van der Waals surface area (Å²) < 4.78 is 16.3. The second-order valence-electron chi connectivity index (χ2n) is 7.97. The molecule has 4 aromatic rings. The summed E-state index contributed by atoms with van der Waals surface area (Å²) in [6, 6.07) is 12.8. The van der Waals surface area contributed by atoms with Crippen LogP contribution in [0.1, 0.15) is 17.4 Å². The standard InChI is InChI=1S/C24H21Cl2N3O4/c1-27-20-18(23(30)28(2)24(27)31)19(16-8-7-14(25)12-17(16)26)29-9-10-33-22(21(20)29)13-5-4-6-15(11-13)32-3/h4-8,11-12,22H,9-10H2,1-3H3/t22-/m0/s1. The summed E-state index contributed by atoms with van der Waals surface area (Å²) in [6.07, 6.45) is -0.506. The summed E-state index contributed by atoms with van der Waals surface area (Å²) in [4.78, 5) is 26.3. The molecule has 9 heteroatoms. The fourth-order valence-electron chi connectivity index (χ4n) is 4.60. The maximum atomic E-state index is 13.4. The molecule has 0 fully saturated rings. The van der Waals surface area contributed by atoms with Gasteiger partial charge in [0.2, 0.25) is 0 Å². The first-order chi connectivity index (χ1) is 15.8. The van der Waals surface area contributed by atoms with Gasteiger partial charge in [-0.25, -0.2) is 4.79 Å². The SMILES string of the molecule is COc1cccc([C@@H]2OCCn3c(-c4ccc(Cl)cc4Cl)c4c(=O)n(C)c(=O)n(C)c4c32)c1. The monoisotopic (exact) mass is 485 g/mol. The third kappa shape index (κ3) is 3.30. The largest absolute Gasteiger partial charge is 0.497 e. The van der Waals surface area contributed by atoms with E-state index in [-0.39, 0.29) is 5.56 Å². The number of nitrogens with zero attached hydrogens (tertiary/aromatic N) is 3. The second kappa shape index (κ2) is 8.09. The summed E-state index contributed by atoms with van der Waals surface area (Å²) in [6.45, 7) is 0.915. The van der Waals surface area contributed by atoms with Crippen molar-refractivity contribution in [3.63, 3.8) is 0 Å². The van der Waals surface area contributed by atoms with Crippen molar-refractivity contribution in [1.82, 2.24) is 13.7 Å². The minimum atomic E-state index is -0.506. The lowest BCUT2D eigenvalue weighted by Gasteiger charge is -2.28. The number of ether oxygens (including phenoxy) is 2. The van der Waals surface area contributed by atoms with Crippen LogP contribution in [0.4, 0.5) is 0 Å². The average Bonchev–Trinajstić information content (AvgIpc) is 3.16. The molecular formula is C24H21Cl2N3O4. The molecule has 0 unspecified atom stereocenters. The number of rotatable bonds is 3. The van der Waals surface area contributed by atoms with E-state index >= 15 is 0 Å². The Kier molecular flexibility index (Phi) is 5.35. The molecular weight excluding hydrogens is 465 g/mol. The normalized spacial score (nSPS) is 15.6. The molecule has 0 radical (unpaired) electrons. The van der Waals surface area contributed by atoms with Crippen molar-refractivity contribution in [2.75, 3.05) is 13.7 Å². The summed E-state index contributed by atoms with van der Waals surface area (Å²) in [5, 5.41) is 1.33. The van der Waals surface area contributed by atoms with Gasteiger partial charge in [-0.3, -0.25) is 13.9 Å². The zero-order valence-electron chi connectivity index (χ0n) is 18.3. The Hall–Kier alpha value is -3.00. The Balaban J connectivity index is 1.94. The fraction of sp³-hybridized carbons (Fsp3) is 0.250. The van der Waals surface area contributed by atoms with Gasteiger partial charge in [-0.1, -0.05) is 35.3 Å². The van der Waals surface area contributed by atoms with Crippen molar-refractivity contribution in [3.8, 4) is 17.0 Å². The molecule has 2 aromatic carbocycles. The third-order valence-corrected chi connectivity index (χ3v) is 6.68. The van der Waals surface area contributed by atoms with Crippen LogP contribution in [0.15, 0.2) is 52.1 Å². The van der Waals surface area contributed by atoms with Gasteiger partial charge in [0.05, 0.1) is 41.0 Å². The topological polar surface area (TPSA) is 67.4 Å². The molecule has 0 N–H and O–H groups in total. The summed E-state index contributed by atoms with van der Waals surface area (Å²) in [7, 11) is 4.74. The van der Waals surface area contributed by atoms with Gasteiger partial charge in [-0.2, -0.15) is 0 Å². The summed E-state index contributed by atoms with van der Waals surface area (Å²) >= 11 is 12.7. The first-order valence-corrected chi connectivity index (χ1v) is 11.1. The quantitative estimate of drug-likeness (QED) is 0.437. The van der Waals surface area contributed by atoms with Crippen LogP contribution in [-0.4, -0.2) is 27.4 Å². The average molecular weight is 486 g/mol. The van der Waals surface area contributed by atoms with E-state index in [1.165, 1.54) is 11.6 Å². The van der Waals surface area contributed by atoms with E-state index in [1.807, 2.05) is 28.8 Å². The van der Waals surface area contributed by atoms with Crippen molar-refractivity contribution in [2.24, 2.45) is 14.1 Å². The molecule has 170 valence electrons. The third-order valence-electron chi connectivity index (χ3n) is 6.14. The smallest absolute Gasteiger partial charge is 0.331 e. The zero-order chi connectivity index (χ0) is 23.4. The van der Waals surface area contributed by atoms with Gasteiger partial charge in [0.1, 0.15) is 11.9 Å². The first-order valence-electron chi connectivity index (χ1n) is 10.4. The van der Waals surface area contributed by atoms with Gasteiger partial charge in [-0.15, -0.1) is 0 Å². The van der Waals surface area contributed by atoms with Crippen LogP contribution in [0.25, 0.3) is 22.2 Å². The number of benzene rings is 2. The van der Waals surface area contributed by atoms with Crippen LogP contribution in [0, 0.1) is 0 Å². The van der Waals surface area contributed by atoms with Crippen LogP contribution in [0.3, 0.4) is 0 Å². The molecule has 33 heavy (non-hydrogen) atoms. The predicted molar refractivity (Wildman–Crippen MR) is 129 cm³/mol. The molecule has 7 nitrogen and oxygen atoms in total. The van der Waals surface area contributed by atoms with Crippen LogP contribution < -0.4 is 16.0 Å². The number of hydrogen-bond donors (Lipinski definition) is 0. The van der Waals surface area contributed by atoms with Gasteiger partial charge < -0.3 is 14.0 Å². The number of fused-ring (bicyclic) bond motifs is 3. The highest BCUT2D eigenvalue weighted by atomic mass is 35.5. The lowest BCUT2D eigenvalue weighted by molar-refractivity contribution is 0.0477. The summed E-state index contributed by atoms with van der Waals surface area (Å²) in [5.41, 5.74) is 2.62. The molecule has 0 aliphatic carbocycles. The second-order valence-corrected chi connectivity index (χ2v) is 8.81.